The Morgan fingerprint density at radius 2 is 1.80 bits per heavy atom. The molecule has 4 aromatic rings. The molecule has 0 N–H and O–H groups in total. The number of benzene rings is 2. The number of nitrogens with zero attached hydrogens (tertiary/aromatic N) is 1. The molecule has 10 heteroatoms. The van der Waals surface area contributed by atoms with Crippen LogP contribution in [0, 0.1) is 10.1 Å². The quantitative estimate of drug-likeness (QED) is 0.251. The summed E-state index contributed by atoms with van der Waals surface area (Å²) in [5.41, 5.74) is 0.729. The minimum absolute atomic E-state index is 0.167. The first-order valence-electron chi connectivity index (χ1n) is 8.52. The van der Waals surface area contributed by atoms with Crippen LogP contribution in [0.5, 0.6) is 10.8 Å². The molecule has 0 aliphatic rings. The first-order valence-corrected chi connectivity index (χ1v) is 11.2. The van der Waals surface area contributed by atoms with Gasteiger partial charge in [0.25, 0.3) is 5.06 Å². The second-order valence-corrected chi connectivity index (χ2v) is 9.63. The van der Waals surface area contributed by atoms with Crippen molar-refractivity contribution in [1.82, 2.24) is 0 Å². The summed E-state index contributed by atoms with van der Waals surface area (Å²) in [5.74, 6) is 0.167. The molecule has 0 unspecified atom stereocenters. The number of sulfone groups is 1. The maximum Gasteiger partial charge on any atom is 0.336 e. The highest BCUT2D eigenvalue weighted by atomic mass is 32.2. The Bertz CT molecular complexity index is 1440. The molecule has 2 aromatic carbocycles. The number of hydrogen-bond donors (Lipinski definition) is 0. The zero-order valence-corrected chi connectivity index (χ0v) is 17.0. The van der Waals surface area contributed by atoms with Crippen LogP contribution in [-0.4, -0.2) is 19.6 Å². The summed E-state index contributed by atoms with van der Waals surface area (Å²) in [6, 6.07) is 16.3. The molecule has 0 amide bonds. The molecule has 2 heterocycles. The number of hydrogen-bond acceptors (Lipinski definition) is 8. The van der Waals surface area contributed by atoms with Crippen molar-refractivity contribution >= 4 is 37.8 Å². The molecule has 152 valence electrons. The van der Waals surface area contributed by atoms with E-state index in [1.54, 1.807) is 12.1 Å². The molecular formula is C20H13NO7S2. The average molecular weight is 443 g/mol. The maximum atomic E-state index is 12.0. The van der Waals surface area contributed by atoms with Crippen LogP contribution in [0.3, 0.4) is 0 Å². The molecule has 2 aromatic heterocycles. The minimum atomic E-state index is -3.63. The Morgan fingerprint density at radius 3 is 2.47 bits per heavy atom. The molecule has 30 heavy (non-hydrogen) atoms. The summed E-state index contributed by atoms with van der Waals surface area (Å²) >= 11 is 0.654. The third-order valence-electron chi connectivity index (χ3n) is 4.23. The number of rotatable bonds is 5. The summed E-state index contributed by atoms with van der Waals surface area (Å²) < 4.78 is 34.2. The number of thiophene rings is 1. The number of nitro groups is 1. The fourth-order valence-electron chi connectivity index (χ4n) is 2.90. The van der Waals surface area contributed by atoms with Crippen LogP contribution in [0.4, 0.5) is 5.69 Å². The second kappa shape index (κ2) is 7.39. The van der Waals surface area contributed by atoms with Gasteiger partial charge in [0.1, 0.15) is 15.5 Å². The molecule has 0 aliphatic heterocycles. The van der Waals surface area contributed by atoms with Gasteiger partial charge in [-0.1, -0.05) is 41.7 Å². The fourth-order valence-corrected chi connectivity index (χ4v) is 4.78. The third kappa shape index (κ3) is 3.82. The molecule has 0 saturated carbocycles. The molecule has 4 rings (SSSR count). The lowest BCUT2D eigenvalue weighted by Crippen LogP contribution is -1.98. The summed E-state index contributed by atoms with van der Waals surface area (Å²) in [6.07, 6.45) is 0.960. The molecule has 0 bridgehead atoms. The number of fused-ring (bicyclic) bond motifs is 1. The Hall–Kier alpha value is -3.50. The van der Waals surface area contributed by atoms with Crippen LogP contribution < -0.4 is 10.4 Å². The normalized spacial score (nSPS) is 11.5. The van der Waals surface area contributed by atoms with E-state index in [4.69, 9.17) is 9.15 Å². The van der Waals surface area contributed by atoms with E-state index >= 15 is 0 Å². The standard InChI is InChI=1S/C20H13NO7S2/c1-30(25,26)19-11-16(21(23)24)20(29-19)27-13-7-8-14-15(12-5-3-2-4-6-12)10-18(22)28-17(14)9-13/h2-11H,1H3. The van der Waals surface area contributed by atoms with Gasteiger partial charge in [-0.2, -0.15) is 0 Å². The van der Waals surface area contributed by atoms with Crippen molar-refractivity contribution in [2.45, 2.75) is 4.21 Å². The van der Waals surface area contributed by atoms with Crippen molar-refractivity contribution in [3.63, 3.8) is 0 Å². The predicted molar refractivity (Wildman–Crippen MR) is 112 cm³/mol. The van der Waals surface area contributed by atoms with Gasteiger partial charge in [0, 0.05) is 29.8 Å². The van der Waals surface area contributed by atoms with Gasteiger partial charge >= 0.3 is 11.3 Å². The highest BCUT2D eigenvalue weighted by molar-refractivity contribution is 7.92. The van der Waals surface area contributed by atoms with Crippen molar-refractivity contribution in [3.05, 3.63) is 81.2 Å². The van der Waals surface area contributed by atoms with Crippen LogP contribution in [0.1, 0.15) is 0 Å². The van der Waals surface area contributed by atoms with Gasteiger partial charge in [0.2, 0.25) is 0 Å². The monoisotopic (exact) mass is 443 g/mol. The smallest absolute Gasteiger partial charge is 0.336 e. The lowest BCUT2D eigenvalue weighted by Gasteiger charge is -2.08. The Kier molecular flexibility index (Phi) is 4.88. The molecule has 0 aliphatic carbocycles. The summed E-state index contributed by atoms with van der Waals surface area (Å²) in [5, 5.41) is 11.8. The predicted octanol–water partition coefficient (Wildman–Crippen LogP) is 4.63. The largest absolute Gasteiger partial charge is 0.440 e. The summed E-state index contributed by atoms with van der Waals surface area (Å²) in [4.78, 5) is 22.6. The zero-order valence-electron chi connectivity index (χ0n) is 15.4. The Morgan fingerprint density at radius 1 is 1.07 bits per heavy atom. The highest BCUT2D eigenvalue weighted by Gasteiger charge is 2.25. The highest BCUT2D eigenvalue weighted by Crippen LogP contribution is 2.42. The van der Waals surface area contributed by atoms with E-state index in [1.165, 1.54) is 12.1 Å². The third-order valence-corrected chi connectivity index (χ3v) is 7.03. The van der Waals surface area contributed by atoms with Crippen LogP contribution in [0.25, 0.3) is 22.1 Å². The van der Waals surface area contributed by atoms with Gasteiger partial charge in [-0.3, -0.25) is 10.1 Å². The zero-order chi connectivity index (χ0) is 21.5. The number of ether oxygens (including phenoxy) is 1. The lowest BCUT2D eigenvalue weighted by molar-refractivity contribution is -0.385. The molecule has 8 nitrogen and oxygen atoms in total. The van der Waals surface area contributed by atoms with Gasteiger partial charge in [-0.05, 0) is 23.3 Å². The van der Waals surface area contributed by atoms with E-state index in [1.807, 2.05) is 30.3 Å². The van der Waals surface area contributed by atoms with E-state index in [-0.39, 0.29) is 20.6 Å². The maximum absolute atomic E-state index is 12.0. The lowest BCUT2D eigenvalue weighted by atomic mass is 10.0. The van der Waals surface area contributed by atoms with Crippen LogP contribution >= 0.6 is 11.3 Å². The van der Waals surface area contributed by atoms with Crippen molar-refractivity contribution in [2.75, 3.05) is 6.26 Å². The average Bonchev–Trinajstić information content (AvgIpc) is 3.12. The van der Waals surface area contributed by atoms with Gasteiger partial charge < -0.3 is 9.15 Å². The van der Waals surface area contributed by atoms with Crippen molar-refractivity contribution in [2.24, 2.45) is 0 Å². The Labute approximate surface area is 174 Å². The first-order chi connectivity index (χ1) is 14.2. The van der Waals surface area contributed by atoms with Gasteiger partial charge in [0.15, 0.2) is 9.84 Å². The van der Waals surface area contributed by atoms with Gasteiger partial charge in [-0.25, -0.2) is 13.2 Å². The van der Waals surface area contributed by atoms with E-state index < -0.39 is 26.1 Å². The fraction of sp³-hybridized carbons (Fsp3) is 0.0500. The van der Waals surface area contributed by atoms with E-state index in [0.717, 1.165) is 17.9 Å². The molecule has 0 fully saturated rings. The van der Waals surface area contributed by atoms with Gasteiger partial charge in [0.05, 0.1) is 4.92 Å². The van der Waals surface area contributed by atoms with Crippen molar-refractivity contribution in [3.8, 4) is 21.9 Å². The van der Waals surface area contributed by atoms with Crippen molar-refractivity contribution in [1.29, 1.82) is 0 Å². The van der Waals surface area contributed by atoms with E-state index in [2.05, 4.69) is 0 Å². The van der Waals surface area contributed by atoms with Crippen molar-refractivity contribution < 1.29 is 22.5 Å². The SMILES string of the molecule is CS(=O)(=O)c1cc([N+](=O)[O-])c(Oc2ccc3c(-c4ccccc4)cc(=O)oc3c2)s1. The molecule has 0 saturated heterocycles. The topological polar surface area (TPSA) is 117 Å². The minimum Gasteiger partial charge on any atom is -0.440 e. The summed E-state index contributed by atoms with van der Waals surface area (Å²) in [7, 11) is -3.63. The summed E-state index contributed by atoms with van der Waals surface area (Å²) in [6.45, 7) is 0. The van der Waals surface area contributed by atoms with E-state index in [0.29, 0.717) is 22.3 Å². The van der Waals surface area contributed by atoms with Crippen LogP contribution in [0.2, 0.25) is 0 Å². The van der Waals surface area contributed by atoms with Crippen LogP contribution in [0.15, 0.2) is 74.1 Å². The van der Waals surface area contributed by atoms with Gasteiger partial charge in [-0.15, -0.1) is 0 Å². The second-order valence-electron chi connectivity index (χ2n) is 6.37. The van der Waals surface area contributed by atoms with E-state index in [9.17, 15) is 23.3 Å². The Balaban J connectivity index is 1.80. The first kappa shape index (κ1) is 19.8. The van der Waals surface area contributed by atoms with Crippen LogP contribution in [-0.2, 0) is 9.84 Å². The molecule has 0 radical (unpaired) electrons. The molecule has 0 spiro atoms. The molecular weight excluding hydrogens is 430 g/mol. The molecule has 0 atom stereocenters.